The van der Waals surface area contributed by atoms with Gasteiger partial charge in [-0.1, -0.05) is 54.6 Å². The second-order valence-corrected chi connectivity index (χ2v) is 6.78. The first kappa shape index (κ1) is 22.1. The lowest BCUT2D eigenvalue weighted by Crippen LogP contribution is -2.17. The van der Waals surface area contributed by atoms with Gasteiger partial charge in [0.2, 0.25) is 0 Å². The summed E-state index contributed by atoms with van der Waals surface area (Å²) in [5.74, 6) is -0.0448. The molecule has 0 bridgehead atoms. The summed E-state index contributed by atoms with van der Waals surface area (Å²) >= 11 is 0. The topological polar surface area (TPSA) is 44.1 Å². The molecule has 146 valence electrons. The maximum atomic E-state index is 12.6. The van der Waals surface area contributed by atoms with E-state index in [0.717, 1.165) is 24.2 Å². The summed E-state index contributed by atoms with van der Waals surface area (Å²) in [5.41, 5.74) is 5.21. The van der Waals surface area contributed by atoms with Crippen molar-refractivity contribution in [3.8, 4) is 17.2 Å². The number of hydrogen-bond donors (Lipinski definition) is 0. The molecular weight excluding hydrogens is 380 g/mol. The highest BCUT2D eigenvalue weighted by Crippen LogP contribution is 2.22. The molecule has 29 heavy (non-hydrogen) atoms. The van der Waals surface area contributed by atoms with Crippen LogP contribution < -0.4 is 0 Å². The minimum absolute atomic E-state index is 0. The third-order valence-electron chi connectivity index (χ3n) is 4.60. The van der Waals surface area contributed by atoms with Gasteiger partial charge in [0, 0.05) is 24.2 Å². The van der Waals surface area contributed by atoms with Gasteiger partial charge < -0.3 is 0 Å². The van der Waals surface area contributed by atoms with Crippen molar-refractivity contribution in [1.82, 2.24) is 4.90 Å². The van der Waals surface area contributed by atoms with E-state index in [4.69, 9.17) is 5.26 Å². The zero-order chi connectivity index (χ0) is 19.9. The van der Waals surface area contributed by atoms with Gasteiger partial charge in [0.1, 0.15) is 0 Å². The van der Waals surface area contributed by atoms with E-state index < -0.39 is 0 Å². The van der Waals surface area contributed by atoms with Gasteiger partial charge in [-0.15, -0.1) is 19.0 Å². The maximum Gasteiger partial charge on any atom is 0.193 e. The van der Waals surface area contributed by atoms with Crippen molar-refractivity contribution in [3.05, 3.63) is 108 Å². The minimum atomic E-state index is -0.0448. The van der Waals surface area contributed by atoms with Crippen molar-refractivity contribution in [2.45, 2.75) is 6.54 Å². The predicted octanol–water partition coefficient (Wildman–Crippen LogP) is 5.50. The van der Waals surface area contributed by atoms with Crippen LogP contribution in [-0.4, -0.2) is 24.3 Å². The number of ketones is 1. The highest BCUT2D eigenvalue weighted by Gasteiger charge is 2.09. The molecule has 0 aliphatic rings. The van der Waals surface area contributed by atoms with E-state index in [1.165, 1.54) is 5.56 Å². The summed E-state index contributed by atoms with van der Waals surface area (Å²) in [4.78, 5) is 14.8. The van der Waals surface area contributed by atoms with E-state index >= 15 is 0 Å². The highest BCUT2D eigenvalue weighted by molar-refractivity contribution is 6.09. The monoisotopic (exact) mass is 402 g/mol. The Bertz CT molecular complexity index is 1000. The van der Waals surface area contributed by atoms with Crippen LogP contribution in [-0.2, 0) is 6.54 Å². The maximum absolute atomic E-state index is 12.6. The van der Waals surface area contributed by atoms with Crippen LogP contribution in [0.5, 0.6) is 0 Å². The van der Waals surface area contributed by atoms with Gasteiger partial charge in [0.15, 0.2) is 5.78 Å². The molecule has 3 nitrogen and oxygen atoms in total. The van der Waals surface area contributed by atoms with E-state index in [0.29, 0.717) is 16.7 Å². The summed E-state index contributed by atoms with van der Waals surface area (Å²) in [5, 5.41) is 8.87. The van der Waals surface area contributed by atoms with Crippen LogP contribution in [0.3, 0.4) is 0 Å². The van der Waals surface area contributed by atoms with Gasteiger partial charge in [0.05, 0.1) is 11.6 Å². The molecule has 0 spiro atoms. The molecule has 0 atom stereocenters. The van der Waals surface area contributed by atoms with E-state index in [2.05, 4.69) is 48.9 Å². The summed E-state index contributed by atoms with van der Waals surface area (Å²) in [6.07, 6.45) is 1.90. The normalized spacial score (nSPS) is 10.1. The molecule has 0 amide bonds. The molecule has 0 aliphatic carbocycles. The molecule has 0 saturated carbocycles. The summed E-state index contributed by atoms with van der Waals surface area (Å²) in [6, 6.07) is 24.9. The molecule has 3 aromatic rings. The van der Waals surface area contributed by atoms with Crippen LogP contribution in [0.1, 0.15) is 27.0 Å². The SMILES string of the molecule is C=CCN(C)Cc1ccc(-c2ccc(C(=O)c3ccc(C#N)cc3)cc2)cc1.Cl. The van der Waals surface area contributed by atoms with Crippen LogP contribution in [0, 0.1) is 11.3 Å². The van der Waals surface area contributed by atoms with Gasteiger partial charge in [-0.2, -0.15) is 5.26 Å². The Morgan fingerprint density at radius 3 is 1.90 bits per heavy atom. The Labute approximate surface area is 178 Å². The zero-order valence-electron chi connectivity index (χ0n) is 16.3. The summed E-state index contributed by atoms with van der Waals surface area (Å²) < 4.78 is 0. The Hall–Kier alpha value is -3.19. The standard InChI is InChI=1S/C25H22N2O.ClH/c1-3-16-27(2)18-20-6-8-21(9-7-20)22-12-14-24(15-13-22)25(28)23-10-4-19(17-26)5-11-23;/h3-15H,1,16,18H2,2H3;1H. The van der Waals surface area contributed by atoms with Gasteiger partial charge in [-0.05, 0) is 48.0 Å². The van der Waals surface area contributed by atoms with Crippen molar-refractivity contribution in [2.75, 3.05) is 13.6 Å². The molecule has 0 saturated heterocycles. The predicted molar refractivity (Wildman–Crippen MR) is 120 cm³/mol. The van der Waals surface area contributed by atoms with Crippen LogP contribution >= 0.6 is 12.4 Å². The number of rotatable bonds is 7. The number of nitrogens with zero attached hydrogens (tertiary/aromatic N) is 2. The number of hydrogen-bond acceptors (Lipinski definition) is 3. The lowest BCUT2D eigenvalue weighted by molar-refractivity contribution is 0.103. The highest BCUT2D eigenvalue weighted by atomic mass is 35.5. The minimum Gasteiger partial charge on any atom is -0.298 e. The van der Waals surface area contributed by atoms with E-state index in [1.54, 1.807) is 24.3 Å². The Balaban J connectivity index is 0.00000300. The first-order valence-electron chi connectivity index (χ1n) is 9.14. The van der Waals surface area contributed by atoms with Crippen LogP contribution in [0.25, 0.3) is 11.1 Å². The van der Waals surface area contributed by atoms with Crippen LogP contribution in [0.4, 0.5) is 0 Å². The number of carbonyl (C=O) groups excluding carboxylic acids is 1. The molecular formula is C25H23ClN2O. The number of likely N-dealkylation sites (N-methyl/N-ethyl adjacent to an activating group) is 1. The van der Waals surface area contributed by atoms with Gasteiger partial charge in [-0.25, -0.2) is 0 Å². The molecule has 0 aliphatic heterocycles. The van der Waals surface area contributed by atoms with Gasteiger partial charge in [0.25, 0.3) is 0 Å². The molecule has 0 heterocycles. The zero-order valence-corrected chi connectivity index (χ0v) is 17.2. The van der Waals surface area contributed by atoms with E-state index in [-0.39, 0.29) is 18.2 Å². The fourth-order valence-corrected chi connectivity index (χ4v) is 3.08. The molecule has 0 unspecified atom stereocenters. The second-order valence-electron chi connectivity index (χ2n) is 6.78. The lowest BCUT2D eigenvalue weighted by atomic mass is 9.98. The molecule has 4 heteroatoms. The Morgan fingerprint density at radius 2 is 1.41 bits per heavy atom. The molecule has 3 rings (SSSR count). The fourth-order valence-electron chi connectivity index (χ4n) is 3.08. The first-order valence-corrected chi connectivity index (χ1v) is 9.14. The number of halogens is 1. The molecule has 0 aromatic heterocycles. The van der Waals surface area contributed by atoms with Crippen LogP contribution in [0.2, 0.25) is 0 Å². The molecule has 0 N–H and O–H groups in total. The third-order valence-corrected chi connectivity index (χ3v) is 4.60. The van der Waals surface area contributed by atoms with Crippen molar-refractivity contribution < 1.29 is 4.79 Å². The van der Waals surface area contributed by atoms with Crippen molar-refractivity contribution in [1.29, 1.82) is 5.26 Å². The smallest absolute Gasteiger partial charge is 0.193 e. The lowest BCUT2D eigenvalue weighted by Gasteiger charge is -2.14. The molecule has 0 radical (unpaired) electrons. The number of nitriles is 1. The largest absolute Gasteiger partial charge is 0.298 e. The first-order chi connectivity index (χ1) is 13.6. The van der Waals surface area contributed by atoms with Gasteiger partial charge >= 0.3 is 0 Å². The average Bonchev–Trinajstić information content (AvgIpc) is 2.74. The Kier molecular flexibility index (Phi) is 7.91. The summed E-state index contributed by atoms with van der Waals surface area (Å²) in [7, 11) is 2.07. The van der Waals surface area contributed by atoms with Crippen LogP contribution in [0.15, 0.2) is 85.5 Å². The Morgan fingerprint density at radius 1 is 0.931 bits per heavy atom. The van der Waals surface area contributed by atoms with Gasteiger partial charge in [-0.3, -0.25) is 9.69 Å². The quantitative estimate of drug-likeness (QED) is 0.387. The third kappa shape index (κ3) is 5.65. The number of benzene rings is 3. The van der Waals surface area contributed by atoms with Crippen molar-refractivity contribution >= 4 is 18.2 Å². The fraction of sp³-hybridized carbons (Fsp3) is 0.120. The average molecular weight is 403 g/mol. The molecule has 3 aromatic carbocycles. The van der Waals surface area contributed by atoms with Crippen molar-refractivity contribution in [3.63, 3.8) is 0 Å². The second kappa shape index (κ2) is 10.4. The van der Waals surface area contributed by atoms with Crippen molar-refractivity contribution in [2.24, 2.45) is 0 Å². The summed E-state index contributed by atoms with van der Waals surface area (Å²) in [6.45, 7) is 5.50. The number of carbonyl (C=O) groups is 1. The van der Waals surface area contributed by atoms with E-state index in [1.807, 2.05) is 30.3 Å². The molecule has 0 fully saturated rings. The van der Waals surface area contributed by atoms with E-state index in [9.17, 15) is 4.79 Å².